The van der Waals surface area contributed by atoms with Gasteiger partial charge in [-0.05, 0) is 43.0 Å². The Morgan fingerprint density at radius 3 is 2.44 bits per heavy atom. The van der Waals surface area contributed by atoms with E-state index in [-0.39, 0.29) is 5.97 Å². The molecule has 2 aromatic rings. The Hall–Kier alpha value is -1.94. The van der Waals surface area contributed by atoms with Gasteiger partial charge in [-0.2, -0.15) is 0 Å². The summed E-state index contributed by atoms with van der Waals surface area (Å²) < 4.78 is 5.30. The fourth-order valence-electron chi connectivity index (χ4n) is 2.43. The Kier molecular flexibility index (Phi) is 7.86. The van der Waals surface area contributed by atoms with E-state index in [9.17, 15) is 4.79 Å². The quantitative estimate of drug-likeness (QED) is 0.330. The topological polar surface area (TPSA) is 52.1 Å². The van der Waals surface area contributed by atoms with Gasteiger partial charge in [-0.25, -0.2) is 9.97 Å². The van der Waals surface area contributed by atoms with Gasteiger partial charge in [0.05, 0.1) is 5.02 Å². The third kappa shape index (κ3) is 6.13. The number of carbonyl (C=O) groups is 1. The van der Waals surface area contributed by atoms with Gasteiger partial charge in [-0.3, -0.25) is 4.79 Å². The average molecular weight is 361 g/mol. The molecule has 25 heavy (non-hydrogen) atoms. The van der Waals surface area contributed by atoms with Crippen molar-refractivity contribution in [3.8, 4) is 17.1 Å². The van der Waals surface area contributed by atoms with Crippen LogP contribution in [0.5, 0.6) is 5.75 Å². The third-order valence-electron chi connectivity index (χ3n) is 3.92. The van der Waals surface area contributed by atoms with Crippen LogP contribution in [-0.4, -0.2) is 15.9 Å². The van der Waals surface area contributed by atoms with Gasteiger partial charge < -0.3 is 4.74 Å². The number of unbranched alkanes of at least 4 members (excludes halogenated alkanes) is 3. The monoisotopic (exact) mass is 360 g/mol. The number of esters is 1. The molecule has 0 saturated heterocycles. The van der Waals surface area contributed by atoms with Gasteiger partial charge >= 0.3 is 5.97 Å². The second-order valence-corrected chi connectivity index (χ2v) is 6.50. The number of aromatic nitrogens is 2. The highest BCUT2D eigenvalue weighted by Gasteiger charge is 2.10. The molecule has 0 radical (unpaired) electrons. The Bertz CT molecular complexity index is 687. The predicted octanol–water partition coefficient (Wildman–Crippen LogP) is 5.63. The van der Waals surface area contributed by atoms with Crippen molar-refractivity contribution in [2.24, 2.45) is 0 Å². The van der Waals surface area contributed by atoms with Crippen molar-refractivity contribution < 1.29 is 9.53 Å². The summed E-state index contributed by atoms with van der Waals surface area (Å²) in [5.74, 6) is 0.733. The zero-order valence-electron chi connectivity index (χ0n) is 14.9. The average Bonchev–Trinajstić information content (AvgIpc) is 2.62. The molecule has 0 amide bonds. The summed E-state index contributed by atoms with van der Waals surface area (Å²) in [7, 11) is 0. The van der Waals surface area contributed by atoms with Gasteiger partial charge in [0.1, 0.15) is 5.75 Å². The van der Waals surface area contributed by atoms with Gasteiger partial charge in [0.15, 0.2) is 5.82 Å². The number of hydrogen-bond acceptors (Lipinski definition) is 4. The molecular formula is C20H25ClN2O2. The summed E-state index contributed by atoms with van der Waals surface area (Å²) in [6.07, 6.45) is 10.5. The van der Waals surface area contributed by atoms with Crippen LogP contribution in [0.15, 0.2) is 30.6 Å². The van der Waals surface area contributed by atoms with E-state index < -0.39 is 0 Å². The Balaban J connectivity index is 2.03. The fraction of sp³-hybridized carbons (Fsp3) is 0.450. The van der Waals surface area contributed by atoms with Crippen LogP contribution in [0, 0.1) is 0 Å². The summed E-state index contributed by atoms with van der Waals surface area (Å²) >= 11 is 6.24. The van der Waals surface area contributed by atoms with E-state index in [4.69, 9.17) is 16.3 Å². The molecule has 134 valence electrons. The first-order valence-corrected chi connectivity index (χ1v) is 9.33. The highest BCUT2D eigenvalue weighted by atomic mass is 35.5. The molecule has 0 N–H and O–H groups in total. The predicted molar refractivity (Wildman–Crippen MR) is 101 cm³/mol. The molecule has 0 spiro atoms. The van der Waals surface area contributed by atoms with Crippen molar-refractivity contribution in [1.29, 1.82) is 0 Å². The highest BCUT2D eigenvalue weighted by molar-refractivity contribution is 6.32. The first kappa shape index (κ1) is 19.4. The van der Waals surface area contributed by atoms with E-state index >= 15 is 0 Å². The molecule has 0 atom stereocenters. The maximum Gasteiger partial charge on any atom is 0.311 e. The molecule has 2 rings (SSSR count). The van der Waals surface area contributed by atoms with Crippen molar-refractivity contribution in [1.82, 2.24) is 9.97 Å². The Morgan fingerprint density at radius 1 is 1.08 bits per heavy atom. The van der Waals surface area contributed by atoms with E-state index in [0.717, 1.165) is 36.8 Å². The van der Waals surface area contributed by atoms with Crippen LogP contribution in [0.1, 0.15) is 57.9 Å². The van der Waals surface area contributed by atoms with E-state index in [1.807, 2.05) is 25.4 Å². The van der Waals surface area contributed by atoms with Crippen LogP contribution in [0.4, 0.5) is 0 Å². The number of halogens is 1. The standard InChI is InChI=1S/C20H25ClN2O2/c1-3-5-7-8-15-13-22-20(23-14-15)16-10-11-18(17(21)12-16)25-19(24)9-6-4-2/h10-14H,3-9H2,1-2H3. The van der Waals surface area contributed by atoms with Crippen LogP contribution < -0.4 is 4.74 Å². The summed E-state index contributed by atoms with van der Waals surface area (Å²) in [6, 6.07) is 5.25. The number of carbonyl (C=O) groups excluding carboxylic acids is 1. The number of hydrogen-bond donors (Lipinski definition) is 0. The molecule has 0 aliphatic rings. The minimum atomic E-state index is -0.260. The zero-order chi connectivity index (χ0) is 18.1. The molecule has 5 heteroatoms. The molecule has 0 unspecified atom stereocenters. The van der Waals surface area contributed by atoms with Gasteiger partial charge in [0.25, 0.3) is 0 Å². The van der Waals surface area contributed by atoms with Crippen LogP contribution in [0.3, 0.4) is 0 Å². The summed E-state index contributed by atoms with van der Waals surface area (Å²) in [4.78, 5) is 20.6. The fourth-order valence-corrected chi connectivity index (χ4v) is 2.65. The highest BCUT2D eigenvalue weighted by Crippen LogP contribution is 2.29. The number of benzene rings is 1. The van der Waals surface area contributed by atoms with Crippen LogP contribution in [0.2, 0.25) is 5.02 Å². The molecule has 0 bridgehead atoms. The van der Waals surface area contributed by atoms with Crippen LogP contribution >= 0.6 is 11.6 Å². The van der Waals surface area contributed by atoms with Gasteiger partial charge in [-0.15, -0.1) is 0 Å². The summed E-state index contributed by atoms with van der Waals surface area (Å²) in [5.41, 5.74) is 1.95. The van der Waals surface area contributed by atoms with Crippen molar-refractivity contribution in [3.05, 3.63) is 41.2 Å². The second-order valence-electron chi connectivity index (χ2n) is 6.09. The lowest BCUT2D eigenvalue weighted by Crippen LogP contribution is -2.07. The van der Waals surface area contributed by atoms with E-state index in [2.05, 4.69) is 16.9 Å². The molecular weight excluding hydrogens is 336 g/mol. The maximum absolute atomic E-state index is 11.7. The number of nitrogens with zero attached hydrogens (tertiary/aromatic N) is 2. The molecule has 0 saturated carbocycles. The largest absolute Gasteiger partial charge is 0.425 e. The lowest BCUT2D eigenvalue weighted by Gasteiger charge is -2.08. The summed E-state index contributed by atoms with van der Waals surface area (Å²) in [5, 5.41) is 0.387. The molecule has 1 aromatic carbocycles. The maximum atomic E-state index is 11.7. The first-order chi connectivity index (χ1) is 12.1. The normalized spacial score (nSPS) is 10.7. The third-order valence-corrected chi connectivity index (χ3v) is 4.22. The second kappa shape index (κ2) is 10.1. The lowest BCUT2D eigenvalue weighted by molar-refractivity contribution is -0.134. The van der Waals surface area contributed by atoms with Crippen LogP contribution in [-0.2, 0) is 11.2 Å². The minimum Gasteiger partial charge on any atom is -0.425 e. The van der Waals surface area contributed by atoms with Crippen molar-refractivity contribution in [2.75, 3.05) is 0 Å². The van der Waals surface area contributed by atoms with Crippen molar-refractivity contribution in [2.45, 2.75) is 58.8 Å². The van der Waals surface area contributed by atoms with E-state index in [1.165, 1.54) is 12.8 Å². The minimum absolute atomic E-state index is 0.260. The first-order valence-electron chi connectivity index (χ1n) is 8.95. The molecule has 0 fully saturated rings. The number of ether oxygens (including phenoxy) is 1. The molecule has 1 heterocycles. The van der Waals surface area contributed by atoms with Gasteiger partial charge in [-0.1, -0.05) is 44.7 Å². The van der Waals surface area contributed by atoms with E-state index in [1.54, 1.807) is 12.1 Å². The Morgan fingerprint density at radius 2 is 1.80 bits per heavy atom. The molecule has 0 aliphatic heterocycles. The smallest absolute Gasteiger partial charge is 0.311 e. The lowest BCUT2D eigenvalue weighted by atomic mass is 10.1. The van der Waals surface area contributed by atoms with E-state index in [0.29, 0.717) is 23.0 Å². The van der Waals surface area contributed by atoms with Crippen molar-refractivity contribution >= 4 is 17.6 Å². The number of rotatable bonds is 9. The van der Waals surface area contributed by atoms with Gasteiger partial charge in [0.2, 0.25) is 0 Å². The molecule has 1 aromatic heterocycles. The zero-order valence-corrected chi connectivity index (χ0v) is 15.7. The molecule has 4 nitrogen and oxygen atoms in total. The SMILES string of the molecule is CCCCCc1cnc(-c2ccc(OC(=O)CCCC)c(Cl)c2)nc1. The number of aryl methyl sites for hydroxylation is 1. The van der Waals surface area contributed by atoms with Crippen LogP contribution in [0.25, 0.3) is 11.4 Å². The summed E-state index contributed by atoms with van der Waals surface area (Å²) in [6.45, 7) is 4.22. The van der Waals surface area contributed by atoms with Gasteiger partial charge in [0, 0.05) is 24.4 Å². The van der Waals surface area contributed by atoms with Crippen molar-refractivity contribution in [3.63, 3.8) is 0 Å². The Labute approximate surface area is 154 Å². The molecule has 0 aliphatic carbocycles.